The van der Waals surface area contributed by atoms with E-state index in [1.54, 1.807) is 6.07 Å². The molecule has 0 bridgehead atoms. The van der Waals surface area contributed by atoms with Crippen LogP contribution in [0, 0.1) is 0 Å². The molecule has 6 heteroatoms. The Balaban J connectivity index is 1.87. The van der Waals surface area contributed by atoms with Gasteiger partial charge in [-0.2, -0.15) is 0 Å². The summed E-state index contributed by atoms with van der Waals surface area (Å²) in [6.45, 7) is 4.05. The van der Waals surface area contributed by atoms with Crippen molar-refractivity contribution < 1.29 is 4.79 Å². The summed E-state index contributed by atoms with van der Waals surface area (Å²) in [7, 11) is 0. The molecule has 2 aromatic rings. The Kier molecular flexibility index (Phi) is 5.09. The summed E-state index contributed by atoms with van der Waals surface area (Å²) < 4.78 is 0. The topological polar surface area (TPSA) is 78.9 Å². The maximum absolute atomic E-state index is 11.9. The molecular weight excluding hydrogens is 266 g/mol. The molecule has 0 aliphatic rings. The molecule has 1 aromatic carbocycles. The third-order valence-electron chi connectivity index (χ3n) is 2.62. The fourth-order valence-electron chi connectivity index (χ4n) is 1.74. The van der Waals surface area contributed by atoms with E-state index in [9.17, 15) is 4.79 Å². The number of hydrogen-bond donors (Lipinski definition) is 3. The average molecular weight is 285 g/mol. The van der Waals surface area contributed by atoms with Gasteiger partial charge in [0.2, 0.25) is 5.91 Å². The zero-order chi connectivity index (χ0) is 15.1. The second-order valence-electron chi connectivity index (χ2n) is 4.91. The van der Waals surface area contributed by atoms with Crippen molar-refractivity contribution in [2.45, 2.75) is 26.3 Å². The molecule has 0 aliphatic heterocycles. The molecule has 0 aliphatic carbocycles. The minimum Gasteiger partial charge on any atom is -0.368 e. The number of rotatable bonds is 6. The minimum absolute atomic E-state index is 0.159. The van der Waals surface area contributed by atoms with Gasteiger partial charge in [-0.1, -0.05) is 18.2 Å². The second kappa shape index (κ2) is 7.23. The van der Waals surface area contributed by atoms with Crippen LogP contribution in [-0.4, -0.2) is 21.9 Å². The largest absolute Gasteiger partial charge is 0.368 e. The lowest BCUT2D eigenvalue weighted by Gasteiger charge is -2.10. The summed E-state index contributed by atoms with van der Waals surface area (Å²) >= 11 is 0. The number of hydrogen-bond acceptors (Lipinski definition) is 5. The van der Waals surface area contributed by atoms with Gasteiger partial charge in [-0.05, 0) is 26.0 Å². The third-order valence-corrected chi connectivity index (χ3v) is 2.62. The van der Waals surface area contributed by atoms with E-state index in [0.717, 1.165) is 11.5 Å². The maximum atomic E-state index is 11.9. The third kappa shape index (κ3) is 5.10. The normalized spacial score (nSPS) is 10.2. The monoisotopic (exact) mass is 285 g/mol. The van der Waals surface area contributed by atoms with Gasteiger partial charge >= 0.3 is 0 Å². The van der Waals surface area contributed by atoms with E-state index in [1.807, 2.05) is 44.2 Å². The number of carbonyl (C=O) groups is 1. The molecular formula is C15H19N5O. The van der Waals surface area contributed by atoms with Gasteiger partial charge in [-0.3, -0.25) is 15.6 Å². The number of nitrogens with zero attached hydrogens (tertiary/aromatic N) is 2. The summed E-state index contributed by atoms with van der Waals surface area (Å²) in [5.41, 5.74) is 6.99. The van der Waals surface area contributed by atoms with Gasteiger partial charge in [0.15, 0.2) is 0 Å². The quantitative estimate of drug-likeness (QED) is 0.707. The highest BCUT2D eigenvalue weighted by atomic mass is 16.2. The summed E-state index contributed by atoms with van der Waals surface area (Å²) in [6, 6.07) is 11.5. The van der Waals surface area contributed by atoms with Crippen LogP contribution in [0.2, 0.25) is 0 Å². The van der Waals surface area contributed by atoms with Gasteiger partial charge in [-0.25, -0.2) is 9.97 Å². The van der Waals surface area contributed by atoms with Gasteiger partial charge in [-0.15, -0.1) is 0 Å². The average Bonchev–Trinajstić information content (AvgIpc) is 2.46. The molecule has 6 nitrogen and oxygen atoms in total. The van der Waals surface area contributed by atoms with E-state index < -0.39 is 0 Å². The molecule has 0 radical (unpaired) electrons. The molecule has 1 aromatic heterocycles. The first-order chi connectivity index (χ1) is 10.1. The predicted octanol–water partition coefficient (Wildman–Crippen LogP) is 1.98. The van der Waals surface area contributed by atoms with E-state index in [0.29, 0.717) is 5.69 Å². The van der Waals surface area contributed by atoms with Crippen LogP contribution in [0.25, 0.3) is 0 Å². The van der Waals surface area contributed by atoms with Crippen LogP contribution in [-0.2, 0) is 11.2 Å². The van der Waals surface area contributed by atoms with Crippen molar-refractivity contribution in [1.29, 1.82) is 0 Å². The van der Waals surface area contributed by atoms with Crippen molar-refractivity contribution in [1.82, 2.24) is 15.4 Å². The minimum atomic E-state index is -0.159. The van der Waals surface area contributed by atoms with Crippen LogP contribution in [0.15, 0.2) is 42.7 Å². The number of amides is 1. The van der Waals surface area contributed by atoms with E-state index in [1.165, 1.54) is 6.33 Å². The molecule has 0 fully saturated rings. The van der Waals surface area contributed by atoms with Gasteiger partial charge < -0.3 is 5.32 Å². The number of carbonyl (C=O) groups excluding carboxylic acids is 1. The zero-order valence-corrected chi connectivity index (χ0v) is 12.1. The molecule has 3 N–H and O–H groups in total. The molecule has 0 saturated heterocycles. The predicted molar refractivity (Wildman–Crippen MR) is 82.7 cm³/mol. The number of para-hydroxylation sites is 1. The van der Waals surface area contributed by atoms with Crippen molar-refractivity contribution in [3.8, 4) is 0 Å². The van der Waals surface area contributed by atoms with Crippen LogP contribution in [0.4, 0.5) is 11.5 Å². The van der Waals surface area contributed by atoms with Gasteiger partial charge in [0.05, 0.1) is 17.8 Å². The smallest absolute Gasteiger partial charge is 0.244 e. The second-order valence-corrected chi connectivity index (χ2v) is 4.91. The van der Waals surface area contributed by atoms with Crippen molar-refractivity contribution in [2.24, 2.45) is 0 Å². The lowest BCUT2D eigenvalue weighted by molar-refractivity contribution is -0.120. The molecule has 0 unspecified atom stereocenters. The summed E-state index contributed by atoms with van der Waals surface area (Å²) in [5.74, 6) is 0.562. The Bertz CT molecular complexity index is 586. The zero-order valence-electron chi connectivity index (χ0n) is 12.1. The van der Waals surface area contributed by atoms with Crippen LogP contribution < -0.4 is 16.2 Å². The Morgan fingerprint density at radius 1 is 1.19 bits per heavy atom. The van der Waals surface area contributed by atoms with Crippen molar-refractivity contribution in [3.63, 3.8) is 0 Å². The molecule has 1 amide bonds. The van der Waals surface area contributed by atoms with E-state index in [2.05, 4.69) is 26.1 Å². The van der Waals surface area contributed by atoms with E-state index in [4.69, 9.17) is 0 Å². The first-order valence-electron chi connectivity index (χ1n) is 6.81. The highest BCUT2D eigenvalue weighted by Crippen LogP contribution is 2.06. The van der Waals surface area contributed by atoms with Crippen molar-refractivity contribution in [2.75, 3.05) is 10.7 Å². The molecule has 2 rings (SSSR count). The molecule has 110 valence electrons. The molecule has 0 saturated carbocycles. The number of nitrogens with one attached hydrogen (secondary N) is 3. The Morgan fingerprint density at radius 3 is 2.67 bits per heavy atom. The number of aromatic nitrogens is 2. The summed E-state index contributed by atoms with van der Waals surface area (Å²) in [6.07, 6.45) is 1.65. The maximum Gasteiger partial charge on any atom is 0.244 e. The highest BCUT2D eigenvalue weighted by Gasteiger charge is 2.06. The SMILES string of the molecule is CC(C)Nc1cc(CC(=O)NNc2ccccc2)ncn1. The fourth-order valence-corrected chi connectivity index (χ4v) is 1.74. The van der Waals surface area contributed by atoms with Crippen molar-refractivity contribution >= 4 is 17.4 Å². The number of hydrazine groups is 1. The standard InChI is InChI=1S/C15H19N5O/c1-11(2)18-14-8-13(16-10-17-14)9-15(21)20-19-12-6-4-3-5-7-12/h3-8,10-11,19H,9H2,1-2H3,(H,20,21)(H,16,17,18). The van der Waals surface area contributed by atoms with Crippen LogP contribution >= 0.6 is 0 Å². The van der Waals surface area contributed by atoms with E-state index in [-0.39, 0.29) is 18.4 Å². The van der Waals surface area contributed by atoms with Crippen LogP contribution in [0.1, 0.15) is 19.5 Å². The summed E-state index contributed by atoms with van der Waals surface area (Å²) in [5, 5.41) is 3.18. The van der Waals surface area contributed by atoms with Crippen LogP contribution in [0.5, 0.6) is 0 Å². The number of anilines is 2. The van der Waals surface area contributed by atoms with Gasteiger partial charge in [0.1, 0.15) is 12.1 Å². The molecule has 1 heterocycles. The summed E-state index contributed by atoms with van der Waals surface area (Å²) in [4.78, 5) is 20.1. The number of benzene rings is 1. The van der Waals surface area contributed by atoms with E-state index >= 15 is 0 Å². The van der Waals surface area contributed by atoms with Gasteiger partial charge in [0.25, 0.3) is 0 Å². The van der Waals surface area contributed by atoms with Gasteiger partial charge in [0, 0.05) is 12.1 Å². The fraction of sp³-hybridized carbons (Fsp3) is 0.267. The first-order valence-corrected chi connectivity index (χ1v) is 6.81. The molecule has 0 spiro atoms. The lowest BCUT2D eigenvalue weighted by atomic mass is 10.2. The Morgan fingerprint density at radius 2 is 1.95 bits per heavy atom. The first kappa shape index (κ1) is 14.8. The Labute approximate surface area is 124 Å². The molecule has 21 heavy (non-hydrogen) atoms. The van der Waals surface area contributed by atoms with Crippen molar-refractivity contribution in [3.05, 3.63) is 48.4 Å². The highest BCUT2D eigenvalue weighted by molar-refractivity contribution is 5.79. The Hall–Kier alpha value is -2.63. The lowest BCUT2D eigenvalue weighted by Crippen LogP contribution is -2.31. The molecule has 0 atom stereocenters. The van der Waals surface area contributed by atoms with Crippen LogP contribution in [0.3, 0.4) is 0 Å².